The monoisotopic (exact) mass is 529 g/mol. The van der Waals surface area contributed by atoms with Gasteiger partial charge in [-0.2, -0.15) is 5.26 Å². The van der Waals surface area contributed by atoms with Crippen LogP contribution in [0.25, 0.3) is 17.4 Å². The SMILES string of the molecule is Cc1cc(Br)c(NC(=O)/C(C#N)=C/c2ccc(-c3cccc([N+](=O)[O-])c3)o2)c(Br)c1. The average Bonchev–Trinajstić information content (AvgIpc) is 3.17. The van der Waals surface area contributed by atoms with Gasteiger partial charge in [0.25, 0.3) is 11.6 Å². The molecule has 1 heterocycles. The van der Waals surface area contributed by atoms with Crippen molar-refractivity contribution in [3.05, 3.63) is 84.5 Å². The van der Waals surface area contributed by atoms with Crippen LogP contribution in [0.3, 0.4) is 0 Å². The average molecular weight is 531 g/mol. The van der Waals surface area contributed by atoms with Crippen molar-refractivity contribution in [1.82, 2.24) is 0 Å². The van der Waals surface area contributed by atoms with Crippen LogP contribution in [-0.4, -0.2) is 10.8 Å². The van der Waals surface area contributed by atoms with Gasteiger partial charge in [0.1, 0.15) is 23.2 Å². The highest BCUT2D eigenvalue weighted by Crippen LogP contribution is 2.33. The van der Waals surface area contributed by atoms with Crippen LogP contribution < -0.4 is 5.32 Å². The van der Waals surface area contributed by atoms with E-state index in [1.165, 1.54) is 18.2 Å². The predicted octanol–water partition coefficient (Wildman–Crippen LogP) is 6.23. The molecule has 0 aliphatic rings. The number of carbonyl (C=O) groups excluding carboxylic acids is 1. The Labute approximate surface area is 188 Å². The summed E-state index contributed by atoms with van der Waals surface area (Å²) in [5, 5.41) is 23.1. The Morgan fingerprint density at radius 3 is 2.53 bits per heavy atom. The molecule has 0 aliphatic carbocycles. The van der Waals surface area contributed by atoms with E-state index in [-0.39, 0.29) is 17.0 Å². The van der Waals surface area contributed by atoms with Gasteiger partial charge in [0.2, 0.25) is 0 Å². The van der Waals surface area contributed by atoms with Crippen molar-refractivity contribution in [2.75, 3.05) is 5.32 Å². The number of nitro groups is 1. The van der Waals surface area contributed by atoms with E-state index in [0.29, 0.717) is 26.0 Å². The molecule has 3 rings (SSSR count). The number of halogens is 2. The summed E-state index contributed by atoms with van der Waals surface area (Å²) >= 11 is 6.79. The molecule has 7 nitrogen and oxygen atoms in total. The quantitative estimate of drug-likeness (QED) is 0.182. The minimum Gasteiger partial charge on any atom is -0.457 e. The first-order valence-corrected chi connectivity index (χ1v) is 10.1. The van der Waals surface area contributed by atoms with E-state index in [9.17, 15) is 20.2 Å². The van der Waals surface area contributed by atoms with Gasteiger partial charge in [-0.3, -0.25) is 14.9 Å². The molecular formula is C21H13Br2N3O4. The van der Waals surface area contributed by atoms with Crippen LogP contribution in [0.4, 0.5) is 11.4 Å². The molecule has 1 amide bonds. The van der Waals surface area contributed by atoms with Gasteiger partial charge in [-0.15, -0.1) is 0 Å². The molecule has 0 atom stereocenters. The van der Waals surface area contributed by atoms with Crippen molar-refractivity contribution in [2.45, 2.75) is 6.92 Å². The molecule has 0 spiro atoms. The highest BCUT2D eigenvalue weighted by Gasteiger charge is 2.16. The Bertz CT molecular complexity index is 1200. The molecule has 1 aromatic heterocycles. The number of anilines is 1. The van der Waals surface area contributed by atoms with Gasteiger partial charge in [0.15, 0.2) is 0 Å². The van der Waals surface area contributed by atoms with Crippen LogP contribution in [0.2, 0.25) is 0 Å². The number of nitrogens with zero attached hydrogens (tertiary/aromatic N) is 2. The number of benzene rings is 2. The number of nitriles is 1. The fourth-order valence-corrected chi connectivity index (χ4v) is 4.26. The summed E-state index contributed by atoms with van der Waals surface area (Å²) in [7, 11) is 0. The van der Waals surface area contributed by atoms with Crippen molar-refractivity contribution in [1.29, 1.82) is 5.26 Å². The zero-order valence-electron chi connectivity index (χ0n) is 15.5. The Kier molecular flexibility index (Phi) is 6.50. The summed E-state index contributed by atoms with van der Waals surface area (Å²) < 4.78 is 7.00. The summed E-state index contributed by atoms with van der Waals surface area (Å²) in [4.78, 5) is 23.0. The number of amides is 1. The molecule has 0 bridgehead atoms. The van der Waals surface area contributed by atoms with Crippen molar-refractivity contribution < 1.29 is 14.1 Å². The first-order chi connectivity index (χ1) is 14.3. The minimum absolute atomic E-state index is 0.0627. The molecule has 0 aliphatic heterocycles. The number of non-ortho nitro benzene ring substituents is 1. The number of hydrogen-bond donors (Lipinski definition) is 1. The molecule has 0 saturated heterocycles. The standard InChI is InChI=1S/C21H13Br2N3O4/c1-12-7-17(22)20(18(23)8-12)25-21(27)14(11-24)10-16-5-6-19(30-16)13-3-2-4-15(9-13)26(28)29/h2-10H,1H3,(H,25,27)/b14-10+. The number of nitrogens with one attached hydrogen (secondary N) is 1. The molecule has 0 unspecified atom stereocenters. The van der Waals surface area contributed by atoms with E-state index in [0.717, 1.165) is 5.56 Å². The number of furan rings is 1. The molecule has 150 valence electrons. The van der Waals surface area contributed by atoms with Crippen LogP contribution in [-0.2, 0) is 4.79 Å². The maximum Gasteiger partial charge on any atom is 0.270 e. The summed E-state index contributed by atoms with van der Waals surface area (Å²) in [5.74, 6) is 0.0490. The number of hydrogen-bond acceptors (Lipinski definition) is 5. The van der Waals surface area contributed by atoms with Crippen LogP contribution in [0, 0.1) is 28.4 Å². The molecule has 0 saturated carbocycles. The van der Waals surface area contributed by atoms with Gasteiger partial charge in [0.05, 0.1) is 10.6 Å². The normalized spacial score (nSPS) is 11.1. The maximum atomic E-state index is 12.6. The van der Waals surface area contributed by atoms with Crippen LogP contribution in [0.1, 0.15) is 11.3 Å². The van der Waals surface area contributed by atoms with Crippen molar-refractivity contribution in [3.8, 4) is 17.4 Å². The second kappa shape index (κ2) is 9.07. The van der Waals surface area contributed by atoms with Gasteiger partial charge in [-0.25, -0.2) is 0 Å². The van der Waals surface area contributed by atoms with Crippen molar-refractivity contribution in [3.63, 3.8) is 0 Å². The predicted molar refractivity (Wildman–Crippen MR) is 120 cm³/mol. The third-order valence-corrected chi connectivity index (χ3v) is 5.30. The fourth-order valence-electron chi connectivity index (χ4n) is 2.65. The second-order valence-corrected chi connectivity index (χ2v) is 7.95. The van der Waals surface area contributed by atoms with Gasteiger partial charge in [0, 0.05) is 32.7 Å². The Balaban J connectivity index is 1.85. The number of rotatable bonds is 5. The molecule has 9 heteroatoms. The molecule has 0 fully saturated rings. The van der Waals surface area contributed by atoms with Crippen LogP contribution in [0.15, 0.2) is 67.5 Å². The first-order valence-electron chi connectivity index (χ1n) is 8.52. The molecule has 0 radical (unpaired) electrons. The molecule has 30 heavy (non-hydrogen) atoms. The Morgan fingerprint density at radius 2 is 1.90 bits per heavy atom. The summed E-state index contributed by atoms with van der Waals surface area (Å²) in [6.07, 6.45) is 1.31. The maximum absolute atomic E-state index is 12.6. The zero-order valence-corrected chi connectivity index (χ0v) is 18.7. The fraction of sp³-hybridized carbons (Fsp3) is 0.0476. The molecular weight excluding hydrogens is 518 g/mol. The lowest BCUT2D eigenvalue weighted by molar-refractivity contribution is -0.384. The van der Waals surface area contributed by atoms with Crippen molar-refractivity contribution >= 4 is 55.2 Å². The van der Waals surface area contributed by atoms with Gasteiger partial charge < -0.3 is 9.73 Å². The highest BCUT2D eigenvalue weighted by molar-refractivity contribution is 9.11. The van der Waals surface area contributed by atoms with E-state index in [1.54, 1.807) is 24.3 Å². The Morgan fingerprint density at radius 1 is 1.20 bits per heavy atom. The number of nitro benzene ring substituents is 1. The summed E-state index contributed by atoms with van der Waals surface area (Å²) in [5.41, 5.74) is 1.79. The summed E-state index contributed by atoms with van der Waals surface area (Å²) in [6.45, 7) is 1.91. The Hall–Kier alpha value is -3.22. The van der Waals surface area contributed by atoms with E-state index in [2.05, 4.69) is 37.2 Å². The van der Waals surface area contributed by atoms with Crippen molar-refractivity contribution in [2.24, 2.45) is 0 Å². The molecule has 2 aromatic carbocycles. The van der Waals surface area contributed by atoms with E-state index < -0.39 is 10.8 Å². The van der Waals surface area contributed by atoms with Gasteiger partial charge in [-0.05, 0) is 68.6 Å². The molecule has 1 N–H and O–H groups in total. The first kappa shape index (κ1) is 21.5. The summed E-state index contributed by atoms with van der Waals surface area (Å²) in [6, 6.07) is 14.7. The van der Waals surface area contributed by atoms with Gasteiger partial charge >= 0.3 is 0 Å². The second-order valence-electron chi connectivity index (χ2n) is 6.24. The van der Waals surface area contributed by atoms with E-state index in [1.807, 2.05) is 25.1 Å². The molecule has 3 aromatic rings. The topological polar surface area (TPSA) is 109 Å². The smallest absolute Gasteiger partial charge is 0.270 e. The highest BCUT2D eigenvalue weighted by atomic mass is 79.9. The van der Waals surface area contributed by atoms with E-state index >= 15 is 0 Å². The lowest BCUT2D eigenvalue weighted by Gasteiger charge is -2.10. The lowest BCUT2D eigenvalue weighted by atomic mass is 10.1. The van der Waals surface area contributed by atoms with Gasteiger partial charge in [-0.1, -0.05) is 12.1 Å². The third kappa shape index (κ3) is 4.84. The largest absolute Gasteiger partial charge is 0.457 e. The van der Waals surface area contributed by atoms with Crippen LogP contribution >= 0.6 is 31.9 Å². The zero-order chi connectivity index (χ0) is 21.8. The van der Waals surface area contributed by atoms with E-state index in [4.69, 9.17) is 4.42 Å². The number of carbonyl (C=O) groups is 1. The lowest BCUT2D eigenvalue weighted by Crippen LogP contribution is -2.14. The minimum atomic E-state index is -0.601. The number of aryl methyl sites for hydroxylation is 1. The van der Waals surface area contributed by atoms with Crippen LogP contribution in [0.5, 0.6) is 0 Å². The third-order valence-electron chi connectivity index (χ3n) is 4.04.